The summed E-state index contributed by atoms with van der Waals surface area (Å²) in [5.41, 5.74) is 0.387. The number of hydrogen-bond donors (Lipinski definition) is 0. The van der Waals surface area contributed by atoms with Crippen LogP contribution in [0.2, 0.25) is 0 Å². The van der Waals surface area contributed by atoms with E-state index in [0.29, 0.717) is 5.56 Å². The molecule has 4 heteroatoms. The highest BCUT2D eigenvalue weighted by atomic mass is 16.5. The van der Waals surface area contributed by atoms with Crippen molar-refractivity contribution in [1.29, 1.82) is 0 Å². The van der Waals surface area contributed by atoms with E-state index in [1.807, 2.05) is 0 Å². The van der Waals surface area contributed by atoms with Gasteiger partial charge in [-0.05, 0) is 13.0 Å². The molecule has 0 saturated carbocycles. The van der Waals surface area contributed by atoms with Crippen LogP contribution >= 0.6 is 0 Å². The molecule has 0 fully saturated rings. The van der Waals surface area contributed by atoms with E-state index in [1.165, 1.54) is 32.6 Å². The third-order valence-electron chi connectivity index (χ3n) is 1.75. The Bertz CT molecular complexity index is 299. The van der Waals surface area contributed by atoms with E-state index in [4.69, 9.17) is 4.42 Å². The Hall–Kier alpha value is -1.58. The lowest BCUT2D eigenvalue weighted by Gasteiger charge is -2.05. The van der Waals surface area contributed by atoms with E-state index >= 15 is 0 Å². The molecule has 1 rings (SSSR count). The fourth-order valence-corrected chi connectivity index (χ4v) is 0.938. The van der Waals surface area contributed by atoms with Gasteiger partial charge in [-0.25, -0.2) is 0 Å². The topological polar surface area (TPSA) is 56.5 Å². The molecule has 0 amide bonds. The van der Waals surface area contributed by atoms with Crippen molar-refractivity contribution in [3.05, 3.63) is 24.2 Å². The molecule has 0 aliphatic carbocycles. The minimum absolute atomic E-state index is 0.291. The van der Waals surface area contributed by atoms with Gasteiger partial charge in [0.25, 0.3) is 0 Å². The van der Waals surface area contributed by atoms with Gasteiger partial charge in [-0.3, -0.25) is 9.59 Å². The summed E-state index contributed by atoms with van der Waals surface area (Å²) in [6, 6.07) is 1.52. The van der Waals surface area contributed by atoms with Gasteiger partial charge in [0, 0.05) is 0 Å². The molecule has 0 spiro atoms. The molecule has 0 aliphatic rings. The molecule has 0 N–H and O–H groups in total. The number of Topliss-reactive ketones (excluding diaryl/α,β-unsaturated/α-hetero) is 1. The molecule has 0 aromatic carbocycles. The zero-order valence-electron chi connectivity index (χ0n) is 7.44. The third-order valence-corrected chi connectivity index (χ3v) is 1.75. The number of carbonyl (C=O) groups is 2. The molecule has 1 aromatic rings. The highest BCUT2D eigenvalue weighted by molar-refractivity contribution is 6.08. The van der Waals surface area contributed by atoms with Crippen molar-refractivity contribution in [3.63, 3.8) is 0 Å². The second-order valence-corrected chi connectivity index (χ2v) is 2.62. The minimum atomic E-state index is -0.775. The lowest BCUT2D eigenvalue weighted by Crippen LogP contribution is -2.21. The summed E-state index contributed by atoms with van der Waals surface area (Å²) in [6.45, 7) is 1.50. The Morgan fingerprint density at radius 1 is 1.54 bits per heavy atom. The second kappa shape index (κ2) is 3.89. The molecule has 0 bridgehead atoms. The van der Waals surface area contributed by atoms with Crippen LogP contribution in [0, 0.1) is 5.92 Å². The van der Waals surface area contributed by atoms with Crippen LogP contribution < -0.4 is 0 Å². The summed E-state index contributed by atoms with van der Waals surface area (Å²) in [5, 5.41) is 0. The van der Waals surface area contributed by atoms with Gasteiger partial charge in [-0.1, -0.05) is 0 Å². The summed E-state index contributed by atoms with van der Waals surface area (Å²) in [6.07, 6.45) is 2.69. The first-order chi connectivity index (χ1) is 6.16. The number of carbonyl (C=O) groups excluding carboxylic acids is 2. The average molecular weight is 182 g/mol. The molecule has 0 saturated heterocycles. The van der Waals surface area contributed by atoms with Crippen LogP contribution in [0.5, 0.6) is 0 Å². The molecule has 1 aromatic heterocycles. The van der Waals surface area contributed by atoms with Gasteiger partial charge in [-0.2, -0.15) is 0 Å². The number of ketones is 1. The van der Waals surface area contributed by atoms with E-state index in [2.05, 4.69) is 4.74 Å². The van der Waals surface area contributed by atoms with E-state index < -0.39 is 11.9 Å². The average Bonchev–Trinajstić information content (AvgIpc) is 2.67. The fourth-order valence-electron chi connectivity index (χ4n) is 0.938. The van der Waals surface area contributed by atoms with Crippen molar-refractivity contribution >= 4 is 11.8 Å². The van der Waals surface area contributed by atoms with Gasteiger partial charge in [-0.15, -0.1) is 0 Å². The number of esters is 1. The Morgan fingerprint density at radius 2 is 2.23 bits per heavy atom. The summed E-state index contributed by atoms with van der Waals surface area (Å²) < 4.78 is 9.17. The van der Waals surface area contributed by atoms with Gasteiger partial charge in [0.05, 0.1) is 18.9 Å². The Morgan fingerprint density at radius 3 is 2.69 bits per heavy atom. The largest absolute Gasteiger partial charge is 0.472 e. The fraction of sp³-hybridized carbons (Fsp3) is 0.333. The van der Waals surface area contributed by atoms with E-state index in [0.717, 1.165) is 0 Å². The normalized spacial score (nSPS) is 12.2. The SMILES string of the molecule is COC(=O)C(C)C(=O)c1ccoc1. The van der Waals surface area contributed by atoms with Gasteiger partial charge in [0.1, 0.15) is 12.2 Å². The van der Waals surface area contributed by atoms with Crippen LogP contribution in [0.15, 0.2) is 23.0 Å². The number of methoxy groups -OCH3 is 1. The molecule has 1 unspecified atom stereocenters. The monoisotopic (exact) mass is 182 g/mol. The highest BCUT2D eigenvalue weighted by Gasteiger charge is 2.23. The molecule has 13 heavy (non-hydrogen) atoms. The number of furan rings is 1. The standard InChI is InChI=1S/C9H10O4/c1-6(9(11)12-2)8(10)7-3-4-13-5-7/h3-6H,1-2H3. The van der Waals surface area contributed by atoms with Crippen LogP contribution in [-0.4, -0.2) is 18.9 Å². The third kappa shape index (κ3) is 1.96. The van der Waals surface area contributed by atoms with Crippen molar-refractivity contribution in [2.24, 2.45) is 5.92 Å². The van der Waals surface area contributed by atoms with Crippen LogP contribution in [0.4, 0.5) is 0 Å². The smallest absolute Gasteiger partial charge is 0.316 e. The van der Waals surface area contributed by atoms with Crippen LogP contribution in [0.25, 0.3) is 0 Å². The lowest BCUT2D eigenvalue weighted by atomic mass is 10.0. The number of rotatable bonds is 3. The maximum Gasteiger partial charge on any atom is 0.316 e. The summed E-state index contributed by atoms with van der Waals surface area (Å²) in [7, 11) is 1.25. The van der Waals surface area contributed by atoms with Crippen molar-refractivity contribution in [1.82, 2.24) is 0 Å². The van der Waals surface area contributed by atoms with E-state index in [-0.39, 0.29) is 5.78 Å². The first-order valence-corrected chi connectivity index (χ1v) is 3.81. The van der Waals surface area contributed by atoms with Crippen LogP contribution in [0.1, 0.15) is 17.3 Å². The van der Waals surface area contributed by atoms with Crippen molar-refractivity contribution < 1.29 is 18.7 Å². The van der Waals surface area contributed by atoms with Crippen LogP contribution in [0.3, 0.4) is 0 Å². The molecule has 0 radical (unpaired) electrons. The molecule has 1 atom stereocenters. The lowest BCUT2D eigenvalue weighted by molar-refractivity contribution is -0.143. The second-order valence-electron chi connectivity index (χ2n) is 2.62. The quantitative estimate of drug-likeness (QED) is 0.401. The molecule has 1 heterocycles. The Balaban J connectivity index is 2.74. The molecule has 0 aliphatic heterocycles. The molecule has 4 nitrogen and oxygen atoms in total. The summed E-state index contributed by atoms with van der Waals surface area (Å²) >= 11 is 0. The molecular weight excluding hydrogens is 172 g/mol. The van der Waals surface area contributed by atoms with Gasteiger partial charge < -0.3 is 9.15 Å². The van der Waals surface area contributed by atoms with E-state index in [9.17, 15) is 9.59 Å². The van der Waals surface area contributed by atoms with Crippen molar-refractivity contribution in [2.45, 2.75) is 6.92 Å². The molecular formula is C9H10O4. The predicted molar refractivity (Wildman–Crippen MR) is 44.2 cm³/mol. The summed E-state index contributed by atoms with van der Waals surface area (Å²) in [4.78, 5) is 22.4. The zero-order chi connectivity index (χ0) is 9.84. The Kier molecular flexibility index (Phi) is 2.84. The highest BCUT2D eigenvalue weighted by Crippen LogP contribution is 2.10. The van der Waals surface area contributed by atoms with Crippen molar-refractivity contribution in [2.75, 3.05) is 7.11 Å². The zero-order valence-corrected chi connectivity index (χ0v) is 7.44. The number of ether oxygens (including phenoxy) is 1. The van der Waals surface area contributed by atoms with E-state index in [1.54, 1.807) is 0 Å². The van der Waals surface area contributed by atoms with Gasteiger partial charge in [0.2, 0.25) is 0 Å². The first kappa shape index (κ1) is 9.51. The van der Waals surface area contributed by atoms with Crippen LogP contribution in [-0.2, 0) is 9.53 Å². The number of hydrogen-bond acceptors (Lipinski definition) is 4. The predicted octanol–water partition coefficient (Wildman–Crippen LogP) is 1.27. The minimum Gasteiger partial charge on any atom is -0.472 e. The first-order valence-electron chi connectivity index (χ1n) is 3.81. The maximum absolute atomic E-state index is 11.4. The maximum atomic E-state index is 11.4. The Labute approximate surface area is 75.5 Å². The van der Waals surface area contributed by atoms with Gasteiger partial charge in [0.15, 0.2) is 5.78 Å². The van der Waals surface area contributed by atoms with Crippen molar-refractivity contribution in [3.8, 4) is 0 Å². The summed E-state index contributed by atoms with van der Waals surface area (Å²) in [5.74, 6) is -1.60. The van der Waals surface area contributed by atoms with Gasteiger partial charge >= 0.3 is 5.97 Å². The molecule has 70 valence electrons.